The molecule has 0 spiro atoms. The SMILES string of the molecule is CCCCC1CCC(C(Br)c2ccc3c(c2)CCC3)CC1. The van der Waals surface area contributed by atoms with Crippen LogP contribution in [0.3, 0.4) is 0 Å². The van der Waals surface area contributed by atoms with Crippen LogP contribution in [0.15, 0.2) is 18.2 Å². The predicted molar refractivity (Wildman–Crippen MR) is 95.1 cm³/mol. The van der Waals surface area contributed by atoms with Gasteiger partial charge in [-0.05, 0) is 60.6 Å². The van der Waals surface area contributed by atoms with Crippen molar-refractivity contribution in [3.05, 3.63) is 34.9 Å². The molecule has 0 radical (unpaired) electrons. The highest BCUT2D eigenvalue weighted by atomic mass is 79.9. The molecule has 1 fully saturated rings. The lowest BCUT2D eigenvalue weighted by molar-refractivity contribution is 0.257. The molecule has 1 unspecified atom stereocenters. The van der Waals surface area contributed by atoms with Gasteiger partial charge in [-0.2, -0.15) is 0 Å². The van der Waals surface area contributed by atoms with E-state index in [-0.39, 0.29) is 0 Å². The molecule has 3 rings (SSSR count). The third kappa shape index (κ3) is 3.73. The zero-order valence-electron chi connectivity index (χ0n) is 13.4. The molecular weight excluding hydrogens is 320 g/mol. The number of hydrogen-bond donors (Lipinski definition) is 0. The first kappa shape index (κ1) is 15.6. The topological polar surface area (TPSA) is 0 Å². The van der Waals surface area contributed by atoms with Crippen molar-refractivity contribution in [3.8, 4) is 0 Å². The van der Waals surface area contributed by atoms with Crippen LogP contribution in [-0.2, 0) is 12.8 Å². The Balaban J connectivity index is 1.57. The number of aryl methyl sites for hydroxylation is 2. The van der Waals surface area contributed by atoms with Crippen molar-refractivity contribution in [2.24, 2.45) is 11.8 Å². The minimum absolute atomic E-state index is 0.579. The van der Waals surface area contributed by atoms with Gasteiger partial charge in [-0.25, -0.2) is 0 Å². The van der Waals surface area contributed by atoms with E-state index in [2.05, 4.69) is 41.1 Å². The summed E-state index contributed by atoms with van der Waals surface area (Å²) in [7, 11) is 0. The summed E-state index contributed by atoms with van der Waals surface area (Å²) in [5, 5.41) is 0. The van der Waals surface area contributed by atoms with E-state index in [1.54, 1.807) is 11.1 Å². The molecule has 0 saturated heterocycles. The van der Waals surface area contributed by atoms with E-state index in [9.17, 15) is 0 Å². The number of halogens is 1. The fourth-order valence-electron chi connectivity index (χ4n) is 4.30. The van der Waals surface area contributed by atoms with Crippen LogP contribution in [0.5, 0.6) is 0 Å². The highest BCUT2D eigenvalue weighted by molar-refractivity contribution is 9.09. The van der Waals surface area contributed by atoms with Crippen molar-refractivity contribution in [1.82, 2.24) is 0 Å². The average Bonchev–Trinajstić information content (AvgIpc) is 3.00. The lowest BCUT2D eigenvalue weighted by atomic mass is 9.77. The molecule has 1 aromatic carbocycles. The van der Waals surface area contributed by atoms with Gasteiger partial charge in [-0.1, -0.05) is 73.2 Å². The van der Waals surface area contributed by atoms with Gasteiger partial charge in [0, 0.05) is 4.83 Å². The van der Waals surface area contributed by atoms with E-state index in [4.69, 9.17) is 0 Å². The second-order valence-corrected chi connectivity index (χ2v) is 8.19. The first-order valence-electron chi connectivity index (χ1n) is 9.03. The second-order valence-electron chi connectivity index (χ2n) is 7.21. The largest absolute Gasteiger partial charge is 0.0836 e. The van der Waals surface area contributed by atoms with Crippen LogP contribution in [-0.4, -0.2) is 0 Å². The molecule has 1 aromatic rings. The Labute approximate surface area is 138 Å². The summed E-state index contributed by atoms with van der Waals surface area (Å²) in [5.41, 5.74) is 4.75. The maximum Gasteiger partial charge on any atom is 0.0423 e. The highest BCUT2D eigenvalue weighted by Crippen LogP contribution is 2.43. The number of fused-ring (bicyclic) bond motifs is 1. The van der Waals surface area contributed by atoms with Gasteiger partial charge in [0.25, 0.3) is 0 Å². The fraction of sp³-hybridized carbons (Fsp3) is 0.700. The summed E-state index contributed by atoms with van der Waals surface area (Å²) in [6, 6.07) is 7.26. The van der Waals surface area contributed by atoms with Crippen LogP contribution in [0.1, 0.15) is 79.8 Å². The first-order chi connectivity index (χ1) is 10.3. The van der Waals surface area contributed by atoms with E-state index in [1.807, 2.05) is 0 Å². The zero-order chi connectivity index (χ0) is 14.7. The Morgan fingerprint density at radius 1 is 1.10 bits per heavy atom. The molecule has 0 bridgehead atoms. The summed E-state index contributed by atoms with van der Waals surface area (Å²) < 4.78 is 0. The van der Waals surface area contributed by atoms with Crippen molar-refractivity contribution in [1.29, 1.82) is 0 Å². The van der Waals surface area contributed by atoms with Crippen LogP contribution >= 0.6 is 15.9 Å². The minimum Gasteiger partial charge on any atom is -0.0836 e. The van der Waals surface area contributed by atoms with E-state index >= 15 is 0 Å². The molecular formula is C20H29Br. The van der Waals surface area contributed by atoms with Gasteiger partial charge >= 0.3 is 0 Å². The quantitative estimate of drug-likeness (QED) is 0.525. The number of hydrogen-bond acceptors (Lipinski definition) is 0. The maximum atomic E-state index is 4.03. The van der Waals surface area contributed by atoms with Gasteiger partial charge in [0.15, 0.2) is 0 Å². The lowest BCUT2D eigenvalue weighted by Crippen LogP contribution is -2.18. The summed E-state index contributed by atoms with van der Waals surface area (Å²) in [4.78, 5) is 0.579. The molecule has 0 aromatic heterocycles. The summed E-state index contributed by atoms with van der Waals surface area (Å²) >= 11 is 4.03. The molecule has 0 heterocycles. The first-order valence-corrected chi connectivity index (χ1v) is 9.95. The molecule has 0 aliphatic heterocycles. The van der Waals surface area contributed by atoms with Gasteiger partial charge in [0.05, 0.1) is 0 Å². The smallest absolute Gasteiger partial charge is 0.0423 e. The zero-order valence-corrected chi connectivity index (χ0v) is 15.0. The van der Waals surface area contributed by atoms with Crippen LogP contribution in [0.25, 0.3) is 0 Å². The Bertz CT molecular complexity index is 457. The molecule has 0 nitrogen and oxygen atoms in total. The number of alkyl halides is 1. The van der Waals surface area contributed by atoms with Crippen LogP contribution < -0.4 is 0 Å². The van der Waals surface area contributed by atoms with Crippen molar-refractivity contribution in [2.75, 3.05) is 0 Å². The Hall–Kier alpha value is -0.300. The van der Waals surface area contributed by atoms with Gasteiger partial charge in [0.2, 0.25) is 0 Å². The third-order valence-corrected chi connectivity index (χ3v) is 6.99. The van der Waals surface area contributed by atoms with Crippen molar-refractivity contribution in [2.45, 2.75) is 76.0 Å². The number of benzene rings is 1. The maximum absolute atomic E-state index is 4.03. The lowest BCUT2D eigenvalue weighted by Gasteiger charge is -2.32. The molecule has 0 amide bonds. The van der Waals surface area contributed by atoms with Crippen LogP contribution in [0.2, 0.25) is 0 Å². The number of rotatable bonds is 5. The summed E-state index contributed by atoms with van der Waals surface area (Å²) in [6.45, 7) is 2.31. The fourth-order valence-corrected chi connectivity index (χ4v) is 5.11. The minimum atomic E-state index is 0.579. The van der Waals surface area contributed by atoms with Crippen LogP contribution in [0, 0.1) is 11.8 Å². The third-order valence-electron chi connectivity index (χ3n) is 5.71. The van der Waals surface area contributed by atoms with Crippen LogP contribution in [0.4, 0.5) is 0 Å². The van der Waals surface area contributed by atoms with E-state index in [0.717, 1.165) is 11.8 Å². The molecule has 1 heteroatoms. The molecule has 1 saturated carbocycles. The molecule has 21 heavy (non-hydrogen) atoms. The Morgan fingerprint density at radius 3 is 2.62 bits per heavy atom. The predicted octanol–water partition coefficient (Wildman–Crippen LogP) is 6.61. The van der Waals surface area contributed by atoms with E-state index < -0.39 is 0 Å². The normalized spacial score (nSPS) is 26.6. The van der Waals surface area contributed by atoms with E-state index in [1.165, 1.54) is 69.8 Å². The molecule has 2 aliphatic rings. The molecule has 2 aliphatic carbocycles. The van der Waals surface area contributed by atoms with Gasteiger partial charge in [-0.15, -0.1) is 0 Å². The van der Waals surface area contributed by atoms with E-state index in [0.29, 0.717) is 4.83 Å². The average molecular weight is 349 g/mol. The van der Waals surface area contributed by atoms with Gasteiger partial charge < -0.3 is 0 Å². The van der Waals surface area contributed by atoms with Crippen molar-refractivity contribution < 1.29 is 0 Å². The summed E-state index contributed by atoms with van der Waals surface area (Å²) in [5.74, 6) is 1.86. The molecule has 1 atom stereocenters. The Morgan fingerprint density at radius 2 is 1.86 bits per heavy atom. The summed E-state index contributed by atoms with van der Waals surface area (Å²) in [6.07, 6.45) is 14.0. The standard InChI is InChI=1S/C20H29Br/c1-2-3-5-15-8-10-17(11-9-15)20(21)19-13-12-16-6-4-7-18(16)14-19/h12-15,17,20H,2-11H2,1H3. The number of unbranched alkanes of at least 4 members (excludes halogenated alkanes) is 1. The monoisotopic (exact) mass is 348 g/mol. The molecule has 116 valence electrons. The van der Waals surface area contributed by atoms with Crippen molar-refractivity contribution >= 4 is 15.9 Å². The van der Waals surface area contributed by atoms with Crippen molar-refractivity contribution in [3.63, 3.8) is 0 Å². The highest BCUT2D eigenvalue weighted by Gasteiger charge is 2.27. The van der Waals surface area contributed by atoms with Gasteiger partial charge in [-0.3, -0.25) is 0 Å². The van der Waals surface area contributed by atoms with Gasteiger partial charge in [0.1, 0.15) is 0 Å². The second kappa shape index (κ2) is 7.31. The molecule has 0 N–H and O–H groups in total. The Kier molecular flexibility index (Phi) is 5.43.